The molecule has 27 heavy (non-hydrogen) atoms. The van der Waals surface area contributed by atoms with Crippen LogP contribution in [0.4, 0.5) is 0 Å². The average molecular weight is 379 g/mol. The van der Waals surface area contributed by atoms with Crippen molar-refractivity contribution in [2.24, 2.45) is 22.7 Å². The third kappa shape index (κ3) is 4.52. The molecule has 0 radical (unpaired) electrons. The lowest BCUT2D eigenvalue weighted by Crippen LogP contribution is -2.58. The van der Waals surface area contributed by atoms with E-state index in [1.807, 2.05) is 6.92 Å². The number of hydrogen-bond acceptors (Lipinski definition) is 5. The van der Waals surface area contributed by atoms with Gasteiger partial charge in [-0.05, 0) is 67.9 Å². The Morgan fingerprint density at radius 1 is 1.30 bits per heavy atom. The van der Waals surface area contributed by atoms with Crippen LogP contribution in [0.2, 0.25) is 0 Å². The first kappa shape index (κ1) is 21.8. The van der Waals surface area contributed by atoms with Crippen LogP contribution in [0, 0.1) is 22.7 Å². The van der Waals surface area contributed by atoms with E-state index in [4.69, 9.17) is 4.74 Å². The summed E-state index contributed by atoms with van der Waals surface area (Å²) in [6.07, 6.45) is 4.56. The summed E-state index contributed by atoms with van der Waals surface area (Å²) in [7, 11) is 0. The highest BCUT2D eigenvalue weighted by molar-refractivity contribution is 5.66. The van der Waals surface area contributed by atoms with Gasteiger partial charge in [0, 0.05) is 12.3 Å². The Bertz CT molecular complexity index is 624. The van der Waals surface area contributed by atoms with E-state index in [1.165, 1.54) is 6.92 Å². The molecule has 5 nitrogen and oxygen atoms in total. The molecule has 0 aromatic carbocycles. The molecule has 0 bridgehead atoms. The second-order valence-corrected chi connectivity index (χ2v) is 9.12. The van der Waals surface area contributed by atoms with Gasteiger partial charge in [-0.2, -0.15) is 0 Å². The SMILES string of the molecule is C=C1C(CC/C(C)=C\C=O)[C@@]2(C)C[C@@H](O)C[C@](C)(COC(C)=O)C2C[C@H]1O. The first-order valence-electron chi connectivity index (χ1n) is 9.82. The summed E-state index contributed by atoms with van der Waals surface area (Å²) >= 11 is 0. The van der Waals surface area contributed by atoms with Gasteiger partial charge in [-0.15, -0.1) is 0 Å². The second kappa shape index (κ2) is 8.27. The van der Waals surface area contributed by atoms with Gasteiger partial charge < -0.3 is 14.9 Å². The number of aldehydes is 1. The van der Waals surface area contributed by atoms with Gasteiger partial charge in [0.2, 0.25) is 0 Å². The molecule has 2 aliphatic carbocycles. The molecule has 2 N–H and O–H groups in total. The topological polar surface area (TPSA) is 83.8 Å². The molecule has 2 unspecified atom stereocenters. The normalized spacial score (nSPS) is 39.6. The molecular weight excluding hydrogens is 344 g/mol. The van der Waals surface area contributed by atoms with E-state index in [0.29, 0.717) is 19.3 Å². The molecule has 2 saturated carbocycles. The van der Waals surface area contributed by atoms with Crippen molar-refractivity contribution in [1.82, 2.24) is 0 Å². The average Bonchev–Trinajstić information content (AvgIpc) is 2.55. The van der Waals surface area contributed by atoms with Gasteiger partial charge in [0.05, 0.1) is 18.8 Å². The minimum absolute atomic E-state index is 0.0351. The summed E-state index contributed by atoms with van der Waals surface area (Å²) in [6.45, 7) is 12.0. The van der Waals surface area contributed by atoms with E-state index >= 15 is 0 Å². The summed E-state index contributed by atoms with van der Waals surface area (Å²) in [5.74, 6) is -0.189. The fourth-order valence-electron chi connectivity index (χ4n) is 5.68. The summed E-state index contributed by atoms with van der Waals surface area (Å²) in [5.41, 5.74) is 1.17. The number of ether oxygens (including phenoxy) is 1. The Hall–Kier alpha value is -1.46. The maximum Gasteiger partial charge on any atom is 0.302 e. The van der Waals surface area contributed by atoms with Crippen molar-refractivity contribution in [2.75, 3.05) is 6.61 Å². The maximum atomic E-state index is 11.4. The number of carbonyl (C=O) groups excluding carboxylic acids is 2. The van der Waals surface area contributed by atoms with Gasteiger partial charge in [-0.3, -0.25) is 9.59 Å². The molecular formula is C22H34O5. The molecule has 5 heteroatoms. The van der Waals surface area contributed by atoms with Crippen molar-refractivity contribution >= 4 is 12.3 Å². The highest BCUT2D eigenvalue weighted by Crippen LogP contribution is 2.62. The van der Waals surface area contributed by atoms with Crippen LogP contribution in [0.15, 0.2) is 23.8 Å². The molecule has 0 aromatic heterocycles. The predicted octanol–water partition coefficient (Wildman–Crippen LogP) is 3.20. The molecule has 0 heterocycles. The molecule has 0 spiro atoms. The molecule has 2 fully saturated rings. The summed E-state index contributed by atoms with van der Waals surface area (Å²) in [5, 5.41) is 21.4. The van der Waals surface area contributed by atoms with Crippen molar-refractivity contribution in [3.05, 3.63) is 23.8 Å². The number of allylic oxidation sites excluding steroid dienone is 2. The van der Waals surface area contributed by atoms with Crippen LogP contribution in [0.5, 0.6) is 0 Å². The molecule has 0 aromatic rings. The van der Waals surface area contributed by atoms with E-state index < -0.39 is 17.6 Å². The molecule has 152 valence electrons. The summed E-state index contributed by atoms with van der Waals surface area (Å²) in [6, 6.07) is 0. The van der Waals surface area contributed by atoms with Gasteiger partial charge in [0.1, 0.15) is 6.29 Å². The molecule has 6 atom stereocenters. The lowest BCUT2D eigenvalue weighted by atomic mass is 9.45. The number of aliphatic hydroxyl groups is 2. The van der Waals surface area contributed by atoms with Gasteiger partial charge in [-0.1, -0.05) is 26.0 Å². The minimum atomic E-state index is -0.602. The van der Waals surface area contributed by atoms with Crippen LogP contribution in [0.25, 0.3) is 0 Å². The highest BCUT2D eigenvalue weighted by Gasteiger charge is 2.58. The summed E-state index contributed by atoms with van der Waals surface area (Å²) in [4.78, 5) is 22.1. The van der Waals surface area contributed by atoms with Crippen LogP contribution in [0.1, 0.15) is 59.8 Å². The highest BCUT2D eigenvalue weighted by atomic mass is 16.5. The molecule has 2 aliphatic rings. The van der Waals surface area contributed by atoms with Crippen molar-refractivity contribution in [2.45, 2.75) is 72.0 Å². The van der Waals surface area contributed by atoms with Crippen molar-refractivity contribution in [3.8, 4) is 0 Å². The third-order valence-corrected chi connectivity index (χ3v) is 6.93. The maximum absolute atomic E-state index is 11.4. The van der Waals surface area contributed by atoms with Crippen LogP contribution in [-0.4, -0.2) is 41.3 Å². The lowest BCUT2D eigenvalue weighted by molar-refractivity contribution is -0.167. The Morgan fingerprint density at radius 3 is 2.56 bits per heavy atom. The van der Waals surface area contributed by atoms with E-state index in [2.05, 4.69) is 20.4 Å². The number of hydrogen-bond donors (Lipinski definition) is 2. The Kier molecular flexibility index (Phi) is 6.69. The molecule has 0 aliphatic heterocycles. The smallest absolute Gasteiger partial charge is 0.302 e. The quantitative estimate of drug-likeness (QED) is 0.321. The van der Waals surface area contributed by atoms with Crippen LogP contribution < -0.4 is 0 Å². The van der Waals surface area contributed by atoms with Crippen molar-refractivity contribution in [1.29, 1.82) is 0 Å². The fourth-order valence-corrected chi connectivity index (χ4v) is 5.68. The standard InChI is InChI=1S/C22H34O5/c1-14(8-9-23)6-7-18-15(2)19(26)10-20-21(4,13-27-16(3)24)11-17(25)12-22(18,20)5/h8-9,17-20,25-26H,2,6-7,10-13H2,1,3-5H3/b14-8-/t17-,18?,19+,20?,21+,22+/m0/s1. The van der Waals surface area contributed by atoms with Gasteiger partial charge in [0.15, 0.2) is 0 Å². The monoisotopic (exact) mass is 378 g/mol. The van der Waals surface area contributed by atoms with Crippen molar-refractivity contribution < 1.29 is 24.5 Å². The third-order valence-electron chi connectivity index (χ3n) is 6.93. The van der Waals surface area contributed by atoms with E-state index in [-0.39, 0.29) is 29.8 Å². The van der Waals surface area contributed by atoms with E-state index in [1.54, 1.807) is 6.08 Å². The molecule has 0 amide bonds. The lowest BCUT2D eigenvalue weighted by Gasteiger charge is -2.60. The van der Waals surface area contributed by atoms with Crippen molar-refractivity contribution in [3.63, 3.8) is 0 Å². The largest absolute Gasteiger partial charge is 0.465 e. The van der Waals surface area contributed by atoms with Gasteiger partial charge in [-0.25, -0.2) is 0 Å². The number of aliphatic hydroxyl groups excluding tert-OH is 2. The molecule has 0 saturated heterocycles. The Morgan fingerprint density at radius 2 is 1.96 bits per heavy atom. The zero-order chi connectivity index (χ0) is 20.4. The van der Waals surface area contributed by atoms with Gasteiger partial charge >= 0.3 is 5.97 Å². The number of fused-ring (bicyclic) bond motifs is 1. The zero-order valence-electron chi connectivity index (χ0n) is 17.0. The van der Waals surface area contributed by atoms with Crippen LogP contribution >= 0.6 is 0 Å². The zero-order valence-corrected chi connectivity index (χ0v) is 17.0. The Labute approximate surface area is 162 Å². The first-order chi connectivity index (χ1) is 12.5. The molecule has 2 rings (SSSR count). The number of esters is 1. The minimum Gasteiger partial charge on any atom is -0.465 e. The van der Waals surface area contributed by atoms with Crippen LogP contribution in [0.3, 0.4) is 0 Å². The fraction of sp³-hybridized carbons (Fsp3) is 0.727. The first-order valence-corrected chi connectivity index (χ1v) is 9.82. The Balaban J connectivity index is 2.35. The number of carbonyl (C=O) groups is 2. The van der Waals surface area contributed by atoms with E-state index in [0.717, 1.165) is 30.3 Å². The van der Waals surface area contributed by atoms with Crippen LogP contribution in [-0.2, 0) is 14.3 Å². The number of rotatable bonds is 6. The predicted molar refractivity (Wildman–Crippen MR) is 104 cm³/mol. The van der Waals surface area contributed by atoms with E-state index in [9.17, 15) is 19.8 Å². The second-order valence-electron chi connectivity index (χ2n) is 9.12. The van der Waals surface area contributed by atoms with Gasteiger partial charge in [0.25, 0.3) is 0 Å². The summed E-state index contributed by atoms with van der Waals surface area (Å²) < 4.78 is 5.35.